The molecule has 0 aliphatic carbocycles. The number of rotatable bonds is 7. The lowest BCUT2D eigenvalue weighted by atomic mass is 9.94. The third-order valence-electron chi connectivity index (χ3n) is 13.0. The Bertz CT molecular complexity index is 3870. The molecule has 0 saturated heterocycles. The van der Waals surface area contributed by atoms with E-state index in [0.717, 1.165) is 89.4 Å². The van der Waals surface area contributed by atoms with Crippen LogP contribution in [-0.2, 0) is 12.4 Å². The highest BCUT2D eigenvalue weighted by Crippen LogP contribution is 2.47. The Morgan fingerprint density at radius 2 is 0.814 bits per heavy atom. The third-order valence-corrected chi connectivity index (χ3v) is 13.0. The monoisotopic (exact) mass is 926 g/mol. The first kappa shape index (κ1) is 42.6. The van der Waals surface area contributed by atoms with Crippen LogP contribution in [0, 0.1) is 0 Å². The van der Waals surface area contributed by atoms with E-state index < -0.39 is 23.5 Å². The summed E-state index contributed by atoms with van der Waals surface area (Å²) in [6, 6.07) is 67.1. The zero-order valence-corrected chi connectivity index (χ0v) is 36.8. The normalized spacial score (nSPS) is 12.1. The van der Waals surface area contributed by atoms with Crippen LogP contribution in [0.25, 0.3) is 111 Å². The van der Waals surface area contributed by atoms with Crippen LogP contribution >= 0.6 is 0 Å². The first-order chi connectivity index (χ1) is 34.0. The second kappa shape index (κ2) is 16.5. The largest absolute Gasteiger partial charge is 0.417 e. The zero-order chi connectivity index (χ0) is 47.7. The fourth-order valence-corrected chi connectivity index (χ4v) is 9.95. The van der Waals surface area contributed by atoms with E-state index in [1.54, 1.807) is 18.2 Å². The number of hydrogen-bond acceptors (Lipinski definition) is 2. The minimum Gasteiger partial charge on any atom is -0.309 e. The molecule has 10 heteroatoms. The van der Waals surface area contributed by atoms with Crippen LogP contribution in [-0.4, -0.2) is 19.1 Å². The summed E-state index contributed by atoms with van der Waals surface area (Å²) in [7, 11) is 0. The second-order valence-corrected chi connectivity index (χ2v) is 17.1. The van der Waals surface area contributed by atoms with Crippen molar-refractivity contribution in [2.75, 3.05) is 0 Å². The molecule has 12 rings (SSSR count). The quantitative estimate of drug-likeness (QED) is 0.149. The average molecular weight is 927 g/mol. The van der Waals surface area contributed by atoms with Crippen molar-refractivity contribution in [2.24, 2.45) is 0 Å². The lowest BCUT2D eigenvalue weighted by molar-refractivity contribution is -0.142. The molecule has 0 aliphatic heterocycles. The standard InChI is InChI=1S/C60H36F6N4/c61-59(62,63)40-31-32-41(48(35-40)60(64,65)66)39-30-33-55-47(34-39)44-22-9-13-27-53(44)70(55)56-29-15-24-46(58-67-49(37-16-3-1-4-17-37)36-50(68-58)38-18-5-2-6-19-38)57(56)45-23-10-14-28-54(45)69-51-25-11-7-20-42(51)43-21-8-12-26-52(43)69/h1-36H. The molecule has 0 spiro atoms. The van der Waals surface area contributed by atoms with Crippen LogP contribution in [0.1, 0.15) is 11.1 Å². The van der Waals surface area contributed by atoms with Crippen LogP contribution < -0.4 is 0 Å². The van der Waals surface area contributed by atoms with Gasteiger partial charge < -0.3 is 9.13 Å². The molecule has 0 amide bonds. The van der Waals surface area contributed by atoms with Gasteiger partial charge in [0.2, 0.25) is 0 Å². The maximum atomic E-state index is 14.6. The van der Waals surface area contributed by atoms with Crippen molar-refractivity contribution in [3.63, 3.8) is 0 Å². The molecule has 0 saturated carbocycles. The van der Waals surface area contributed by atoms with Crippen LogP contribution in [0.5, 0.6) is 0 Å². The Balaban J connectivity index is 1.17. The lowest BCUT2D eigenvalue weighted by Crippen LogP contribution is -2.12. The average Bonchev–Trinajstić information content (AvgIpc) is 3.90. The van der Waals surface area contributed by atoms with Gasteiger partial charge in [-0.05, 0) is 71.8 Å². The van der Waals surface area contributed by atoms with E-state index in [-0.39, 0.29) is 17.2 Å². The number of hydrogen-bond donors (Lipinski definition) is 0. The molecule has 9 aromatic carbocycles. The van der Waals surface area contributed by atoms with Crippen LogP contribution in [0.3, 0.4) is 0 Å². The number of aromatic nitrogens is 4. The van der Waals surface area contributed by atoms with Crippen molar-refractivity contribution >= 4 is 43.6 Å². The number of nitrogens with zero attached hydrogens (tertiary/aromatic N) is 4. The predicted octanol–water partition coefficient (Wildman–Crippen LogP) is 17.0. The third kappa shape index (κ3) is 7.18. The summed E-state index contributed by atoms with van der Waals surface area (Å²) in [5, 5.41) is 3.53. The molecule has 0 fully saturated rings. The summed E-state index contributed by atoms with van der Waals surface area (Å²) < 4.78 is 89.7. The Morgan fingerprint density at radius 1 is 0.329 bits per heavy atom. The molecule has 0 unspecified atom stereocenters. The smallest absolute Gasteiger partial charge is 0.309 e. The van der Waals surface area contributed by atoms with Crippen molar-refractivity contribution in [1.82, 2.24) is 19.1 Å². The number of alkyl halides is 6. The predicted molar refractivity (Wildman–Crippen MR) is 268 cm³/mol. The molecule has 4 nitrogen and oxygen atoms in total. The van der Waals surface area contributed by atoms with Crippen molar-refractivity contribution < 1.29 is 26.3 Å². The van der Waals surface area contributed by atoms with Gasteiger partial charge in [0.1, 0.15) is 0 Å². The van der Waals surface area contributed by atoms with Gasteiger partial charge in [-0.15, -0.1) is 0 Å². The minimum atomic E-state index is -5.06. The summed E-state index contributed by atoms with van der Waals surface area (Å²) in [4.78, 5) is 10.7. The van der Waals surface area contributed by atoms with E-state index in [2.05, 4.69) is 45.5 Å². The molecule has 12 aromatic rings. The molecule has 0 atom stereocenters. The summed E-state index contributed by atoms with van der Waals surface area (Å²) in [5.74, 6) is 0.471. The van der Waals surface area contributed by atoms with Crippen LogP contribution in [0.4, 0.5) is 26.3 Å². The van der Waals surface area contributed by atoms with Gasteiger partial charge in [-0.3, -0.25) is 0 Å². The number of benzene rings is 9. The van der Waals surface area contributed by atoms with Crippen LogP contribution in [0.2, 0.25) is 0 Å². The van der Waals surface area contributed by atoms with Crippen molar-refractivity contribution in [3.05, 3.63) is 230 Å². The van der Waals surface area contributed by atoms with E-state index in [0.29, 0.717) is 22.8 Å². The van der Waals surface area contributed by atoms with Gasteiger partial charge in [0.25, 0.3) is 0 Å². The molecule has 0 radical (unpaired) electrons. The minimum absolute atomic E-state index is 0.127. The lowest BCUT2D eigenvalue weighted by Gasteiger charge is -2.21. The first-order valence-electron chi connectivity index (χ1n) is 22.5. The van der Waals surface area contributed by atoms with Gasteiger partial charge in [0.15, 0.2) is 5.82 Å². The van der Waals surface area contributed by atoms with E-state index in [1.165, 1.54) is 0 Å². The van der Waals surface area contributed by atoms with Gasteiger partial charge in [0, 0.05) is 49.4 Å². The van der Waals surface area contributed by atoms with Gasteiger partial charge in [-0.2, -0.15) is 26.3 Å². The molecule has 0 bridgehead atoms. The highest BCUT2D eigenvalue weighted by molar-refractivity contribution is 6.13. The van der Waals surface area contributed by atoms with E-state index in [1.807, 2.05) is 146 Å². The molecule has 0 aliphatic rings. The molecule has 3 aromatic heterocycles. The summed E-state index contributed by atoms with van der Waals surface area (Å²) >= 11 is 0. The van der Waals surface area contributed by atoms with Crippen molar-refractivity contribution in [1.29, 1.82) is 0 Å². The fraction of sp³-hybridized carbons (Fsp3) is 0.0333. The summed E-state index contributed by atoms with van der Waals surface area (Å²) in [5.41, 5.74) is 7.75. The highest BCUT2D eigenvalue weighted by Gasteiger charge is 2.38. The second-order valence-electron chi connectivity index (χ2n) is 17.1. The Hall–Kier alpha value is -8.76. The Morgan fingerprint density at radius 3 is 1.40 bits per heavy atom. The number of fused-ring (bicyclic) bond motifs is 6. The van der Waals surface area contributed by atoms with Gasteiger partial charge in [-0.1, -0.05) is 158 Å². The SMILES string of the molecule is FC(F)(F)c1ccc(-c2ccc3c(c2)c2ccccc2n3-c2cccc(-c3nc(-c4ccccc4)cc(-c4ccccc4)n3)c2-c2ccccc2-n2c3ccccc3c3ccccc32)c(C(F)(F)F)c1. The van der Waals surface area contributed by atoms with Crippen molar-refractivity contribution in [2.45, 2.75) is 12.4 Å². The molecular formula is C60H36F6N4. The number of para-hydroxylation sites is 4. The topological polar surface area (TPSA) is 35.6 Å². The zero-order valence-electron chi connectivity index (χ0n) is 36.8. The Kier molecular flexibility index (Phi) is 10.0. The van der Waals surface area contributed by atoms with E-state index in [4.69, 9.17) is 9.97 Å². The Labute approximate surface area is 397 Å². The van der Waals surface area contributed by atoms with E-state index in [9.17, 15) is 26.3 Å². The molecular weight excluding hydrogens is 891 g/mol. The molecule has 70 heavy (non-hydrogen) atoms. The van der Waals surface area contributed by atoms with Gasteiger partial charge in [0.05, 0.1) is 56.0 Å². The highest BCUT2D eigenvalue weighted by atomic mass is 19.4. The summed E-state index contributed by atoms with van der Waals surface area (Å²) in [6.07, 6.45) is -10.0. The van der Waals surface area contributed by atoms with Crippen molar-refractivity contribution in [3.8, 4) is 67.5 Å². The number of halogens is 6. The molecule has 338 valence electrons. The van der Waals surface area contributed by atoms with Gasteiger partial charge >= 0.3 is 12.4 Å². The first-order valence-corrected chi connectivity index (χ1v) is 22.5. The van der Waals surface area contributed by atoms with E-state index >= 15 is 0 Å². The maximum Gasteiger partial charge on any atom is 0.417 e. The molecule has 0 N–H and O–H groups in total. The fourth-order valence-electron chi connectivity index (χ4n) is 9.95. The summed E-state index contributed by atoms with van der Waals surface area (Å²) in [6.45, 7) is 0. The maximum absolute atomic E-state index is 14.6. The van der Waals surface area contributed by atoms with Crippen LogP contribution in [0.15, 0.2) is 218 Å². The molecule has 3 heterocycles. The van der Waals surface area contributed by atoms with Gasteiger partial charge in [-0.25, -0.2) is 9.97 Å².